The van der Waals surface area contributed by atoms with E-state index in [1.807, 2.05) is 35.2 Å². The fraction of sp³-hybridized carbons (Fsp3) is 0.619. The first-order valence-corrected chi connectivity index (χ1v) is 9.96. The minimum absolute atomic E-state index is 0.00724. The van der Waals surface area contributed by atoms with E-state index >= 15 is 0 Å². The van der Waals surface area contributed by atoms with Crippen molar-refractivity contribution in [3.8, 4) is 5.75 Å². The van der Waals surface area contributed by atoms with Crippen LogP contribution in [0.5, 0.6) is 5.75 Å². The fourth-order valence-electron chi connectivity index (χ4n) is 4.43. The fourth-order valence-corrected chi connectivity index (χ4v) is 4.43. The summed E-state index contributed by atoms with van der Waals surface area (Å²) >= 11 is 0. The summed E-state index contributed by atoms with van der Waals surface area (Å²) in [5.74, 6) is 0.455. The summed E-state index contributed by atoms with van der Waals surface area (Å²) in [6.45, 7) is 1.35. The van der Waals surface area contributed by atoms with Crippen LogP contribution in [-0.4, -0.2) is 65.6 Å². The van der Waals surface area contributed by atoms with Crippen molar-refractivity contribution in [2.75, 3.05) is 26.7 Å². The Labute approximate surface area is 161 Å². The van der Waals surface area contributed by atoms with Gasteiger partial charge in [0.15, 0.2) is 0 Å². The molecule has 2 fully saturated rings. The first-order valence-electron chi connectivity index (χ1n) is 9.96. The first kappa shape index (κ1) is 19.7. The number of likely N-dealkylation sites (N-methyl/N-ethyl adjacent to an activating group) is 1. The Hall–Kier alpha value is -2.08. The van der Waals surface area contributed by atoms with E-state index in [1.165, 1.54) is 6.42 Å². The minimum atomic E-state index is -0.795. The SMILES string of the molecule is CN(CCCOc1ccccc1)C(=O)CN1C(C(=O)O)CC2CCCCC21. The second kappa shape index (κ2) is 9.22. The molecule has 3 rings (SSSR count). The summed E-state index contributed by atoms with van der Waals surface area (Å²) < 4.78 is 5.66. The summed E-state index contributed by atoms with van der Waals surface area (Å²) in [6, 6.07) is 9.36. The van der Waals surface area contributed by atoms with Crippen molar-refractivity contribution in [2.45, 2.75) is 50.6 Å². The predicted molar refractivity (Wildman–Crippen MR) is 103 cm³/mol. The summed E-state index contributed by atoms with van der Waals surface area (Å²) in [5.41, 5.74) is 0. The zero-order chi connectivity index (χ0) is 19.2. The highest BCUT2D eigenvalue weighted by Gasteiger charge is 2.45. The lowest BCUT2D eigenvalue weighted by molar-refractivity contribution is -0.144. The van der Waals surface area contributed by atoms with Crippen LogP contribution in [-0.2, 0) is 9.59 Å². The van der Waals surface area contributed by atoms with E-state index in [1.54, 1.807) is 11.9 Å². The van der Waals surface area contributed by atoms with E-state index in [2.05, 4.69) is 0 Å². The Bertz CT molecular complexity index is 636. The van der Waals surface area contributed by atoms with Crippen LogP contribution in [0.2, 0.25) is 0 Å². The summed E-state index contributed by atoms with van der Waals surface area (Å²) in [4.78, 5) is 28.0. The molecule has 6 heteroatoms. The van der Waals surface area contributed by atoms with Crippen LogP contribution in [0.25, 0.3) is 0 Å². The molecule has 1 aliphatic heterocycles. The zero-order valence-corrected chi connectivity index (χ0v) is 16.0. The Kier molecular flexibility index (Phi) is 6.72. The number of aliphatic carboxylic acids is 1. The van der Waals surface area contributed by atoms with Crippen molar-refractivity contribution in [2.24, 2.45) is 5.92 Å². The number of hydrogen-bond donors (Lipinski definition) is 1. The van der Waals surface area contributed by atoms with Gasteiger partial charge in [-0.3, -0.25) is 14.5 Å². The van der Waals surface area contributed by atoms with Gasteiger partial charge in [-0.2, -0.15) is 0 Å². The van der Waals surface area contributed by atoms with Crippen LogP contribution in [0.3, 0.4) is 0 Å². The molecule has 1 N–H and O–H groups in total. The Morgan fingerprint density at radius 2 is 1.96 bits per heavy atom. The Morgan fingerprint density at radius 3 is 2.70 bits per heavy atom. The highest BCUT2D eigenvalue weighted by Crippen LogP contribution is 2.39. The average molecular weight is 374 g/mol. The van der Waals surface area contributed by atoms with Gasteiger partial charge in [-0.25, -0.2) is 0 Å². The topological polar surface area (TPSA) is 70.1 Å². The molecule has 1 aromatic carbocycles. The van der Waals surface area contributed by atoms with Crippen molar-refractivity contribution in [1.82, 2.24) is 9.80 Å². The molecule has 2 aliphatic rings. The number of benzene rings is 1. The van der Waals surface area contributed by atoms with Gasteiger partial charge in [0.05, 0.1) is 13.2 Å². The number of likely N-dealkylation sites (tertiary alicyclic amines) is 1. The van der Waals surface area contributed by atoms with Gasteiger partial charge in [0.1, 0.15) is 11.8 Å². The van der Waals surface area contributed by atoms with E-state index in [9.17, 15) is 14.7 Å². The summed E-state index contributed by atoms with van der Waals surface area (Å²) in [5, 5.41) is 9.58. The normalized spacial score (nSPS) is 25.0. The monoisotopic (exact) mass is 374 g/mol. The third-order valence-electron chi connectivity index (χ3n) is 5.90. The molecule has 3 atom stereocenters. The first-order chi connectivity index (χ1) is 13.1. The third kappa shape index (κ3) is 5.01. The van der Waals surface area contributed by atoms with Crippen molar-refractivity contribution >= 4 is 11.9 Å². The molecule has 0 bridgehead atoms. The lowest BCUT2D eigenvalue weighted by Gasteiger charge is -2.33. The second-order valence-corrected chi connectivity index (χ2v) is 7.70. The van der Waals surface area contributed by atoms with Crippen molar-refractivity contribution in [1.29, 1.82) is 0 Å². The molecular weight excluding hydrogens is 344 g/mol. The standard InChI is InChI=1S/C21H30N2O4/c1-22(12-7-13-27-17-9-3-2-4-10-17)20(24)15-23-18-11-6-5-8-16(18)14-19(23)21(25)26/h2-4,9-10,16,18-19H,5-8,11-15H2,1H3,(H,25,26). The predicted octanol–water partition coefficient (Wildman–Crippen LogP) is 2.63. The van der Waals surface area contributed by atoms with E-state index in [0.717, 1.165) is 31.4 Å². The molecule has 0 spiro atoms. The molecule has 6 nitrogen and oxygen atoms in total. The van der Waals surface area contributed by atoms with Gasteiger partial charge in [-0.15, -0.1) is 0 Å². The molecule has 1 saturated heterocycles. The van der Waals surface area contributed by atoms with Gasteiger partial charge < -0.3 is 14.7 Å². The van der Waals surface area contributed by atoms with Crippen molar-refractivity contribution in [3.05, 3.63) is 30.3 Å². The van der Waals surface area contributed by atoms with Crippen LogP contribution in [0.1, 0.15) is 38.5 Å². The van der Waals surface area contributed by atoms with E-state index in [4.69, 9.17) is 4.74 Å². The van der Waals surface area contributed by atoms with E-state index in [-0.39, 0.29) is 18.5 Å². The smallest absolute Gasteiger partial charge is 0.320 e. The lowest BCUT2D eigenvalue weighted by Crippen LogP contribution is -2.48. The number of ether oxygens (including phenoxy) is 1. The van der Waals surface area contributed by atoms with Crippen LogP contribution in [0.15, 0.2) is 30.3 Å². The zero-order valence-electron chi connectivity index (χ0n) is 16.0. The van der Waals surface area contributed by atoms with Gasteiger partial charge in [-0.1, -0.05) is 31.0 Å². The molecule has 1 aliphatic carbocycles. The highest BCUT2D eigenvalue weighted by atomic mass is 16.5. The average Bonchev–Trinajstić information content (AvgIpc) is 3.05. The Balaban J connectivity index is 1.47. The Morgan fingerprint density at radius 1 is 1.22 bits per heavy atom. The van der Waals surface area contributed by atoms with Crippen molar-refractivity contribution in [3.63, 3.8) is 0 Å². The van der Waals surface area contributed by atoms with E-state index in [0.29, 0.717) is 25.5 Å². The largest absolute Gasteiger partial charge is 0.494 e. The summed E-state index contributed by atoms with van der Waals surface area (Å²) in [7, 11) is 1.79. The van der Waals surface area contributed by atoms with Crippen LogP contribution >= 0.6 is 0 Å². The number of hydrogen-bond acceptors (Lipinski definition) is 4. The maximum absolute atomic E-state index is 12.7. The maximum atomic E-state index is 12.7. The number of para-hydroxylation sites is 1. The molecular formula is C21H30N2O4. The van der Waals surface area contributed by atoms with Crippen LogP contribution < -0.4 is 4.74 Å². The van der Waals surface area contributed by atoms with Crippen LogP contribution in [0, 0.1) is 5.92 Å². The van der Waals surface area contributed by atoms with Crippen molar-refractivity contribution < 1.29 is 19.4 Å². The summed E-state index contributed by atoms with van der Waals surface area (Å²) in [6.07, 6.45) is 5.83. The van der Waals surface area contributed by atoms with Gasteiger partial charge in [0, 0.05) is 19.6 Å². The number of fused-ring (bicyclic) bond motifs is 1. The quantitative estimate of drug-likeness (QED) is 0.709. The molecule has 1 heterocycles. The molecule has 1 saturated carbocycles. The molecule has 3 unspecified atom stereocenters. The molecule has 0 aromatic heterocycles. The maximum Gasteiger partial charge on any atom is 0.320 e. The number of carbonyl (C=O) groups is 2. The van der Waals surface area contributed by atoms with Gasteiger partial charge in [-0.05, 0) is 43.7 Å². The lowest BCUT2D eigenvalue weighted by atomic mass is 9.85. The second-order valence-electron chi connectivity index (χ2n) is 7.70. The van der Waals surface area contributed by atoms with E-state index < -0.39 is 12.0 Å². The number of amides is 1. The van der Waals surface area contributed by atoms with Gasteiger partial charge in [0.25, 0.3) is 0 Å². The molecule has 1 aromatic rings. The number of carboxylic acids is 1. The third-order valence-corrected chi connectivity index (χ3v) is 5.90. The number of nitrogens with zero attached hydrogens (tertiary/aromatic N) is 2. The molecule has 27 heavy (non-hydrogen) atoms. The highest BCUT2D eigenvalue weighted by molar-refractivity contribution is 5.80. The molecule has 148 valence electrons. The van der Waals surface area contributed by atoms with Gasteiger partial charge in [0.2, 0.25) is 5.91 Å². The van der Waals surface area contributed by atoms with Crippen LogP contribution in [0.4, 0.5) is 0 Å². The molecule has 1 amide bonds. The molecule has 0 radical (unpaired) electrons. The minimum Gasteiger partial charge on any atom is -0.494 e. The van der Waals surface area contributed by atoms with Gasteiger partial charge >= 0.3 is 5.97 Å². The number of carbonyl (C=O) groups excluding carboxylic acids is 1. The number of carboxylic acid groups (broad SMARTS) is 1. The number of rotatable bonds is 8.